The van der Waals surface area contributed by atoms with Crippen molar-refractivity contribution in [2.75, 3.05) is 10.6 Å². The highest BCUT2D eigenvalue weighted by Crippen LogP contribution is 2.33. The Balaban J connectivity index is 1.31. The van der Waals surface area contributed by atoms with E-state index in [0.29, 0.717) is 40.4 Å². The predicted octanol–water partition coefficient (Wildman–Crippen LogP) is 2.76. The second kappa shape index (κ2) is 8.17. The van der Waals surface area contributed by atoms with Gasteiger partial charge < -0.3 is 15.2 Å². The molecule has 0 fully saturated rings. The van der Waals surface area contributed by atoms with Gasteiger partial charge in [-0.15, -0.1) is 5.10 Å². The molecule has 174 valence electrons. The number of halogens is 1. The number of carbonyl (C=O) groups is 2. The van der Waals surface area contributed by atoms with Crippen LogP contribution in [0.25, 0.3) is 16.8 Å². The number of pyridine rings is 1. The van der Waals surface area contributed by atoms with Crippen LogP contribution >= 0.6 is 11.6 Å². The SMILES string of the molecule is O=C1Cc2cc(NC(=O)[C@@H]3CCc4cc(-c5cc(Cl)ccc5-n5cnnn5)cc(=O)n43)ccc2N1. The second-order valence-corrected chi connectivity index (χ2v) is 8.94. The number of tetrazole rings is 1. The average Bonchev–Trinajstić information content (AvgIpc) is 3.58. The summed E-state index contributed by atoms with van der Waals surface area (Å²) in [5.74, 6) is -0.341. The number of aryl methyl sites for hydroxylation is 1. The maximum Gasteiger partial charge on any atom is 0.252 e. The molecule has 0 unspecified atom stereocenters. The first kappa shape index (κ1) is 21.2. The number of benzene rings is 2. The number of anilines is 2. The number of aromatic nitrogens is 5. The Bertz CT molecular complexity index is 1560. The van der Waals surface area contributed by atoms with Crippen LogP contribution in [0.15, 0.2) is 59.7 Å². The van der Waals surface area contributed by atoms with Crippen LogP contribution in [0.2, 0.25) is 5.02 Å². The van der Waals surface area contributed by atoms with Gasteiger partial charge in [0.05, 0.1) is 12.1 Å². The molecular formula is C24H18ClN7O3. The van der Waals surface area contributed by atoms with Crippen LogP contribution in [0.1, 0.15) is 23.7 Å². The first-order valence-corrected chi connectivity index (χ1v) is 11.4. The molecule has 10 nitrogen and oxygen atoms in total. The van der Waals surface area contributed by atoms with Gasteiger partial charge in [-0.1, -0.05) is 11.6 Å². The van der Waals surface area contributed by atoms with Crippen LogP contribution in [0.5, 0.6) is 0 Å². The highest BCUT2D eigenvalue weighted by atomic mass is 35.5. The molecule has 0 aliphatic carbocycles. The molecule has 2 aliphatic rings. The summed E-state index contributed by atoms with van der Waals surface area (Å²) < 4.78 is 3.05. The van der Waals surface area contributed by atoms with Crippen molar-refractivity contribution in [3.8, 4) is 16.8 Å². The lowest BCUT2D eigenvalue weighted by Crippen LogP contribution is -2.31. The van der Waals surface area contributed by atoms with Gasteiger partial charge in [-0.25, -0.2) is 0 Å². The zero-order valence-corrected chi connectivity index (χ0v) is 19.0. The summed E-state index contributed by atoms with van der Waals surface area (Å²) >= 11 is 6.25. The Hall–Kier alpha value is -4.31. The van der Waals surface area contributed by atoms with E-state index < -0.39 is 6.04 Å². The lowest BCUT2D eigenvalue weighted by Gasteiger charge is -2.16. The fraction of sp³-hybridized carbons (Fsp3) is 0.167. The fourth-order valence-corrected chi connectivity index (χ4v) is 4.91. The van der Waals surface area contributed by atoms with Crippen molar-refractivity contribution in [2.24, 2.45) is 0 Å². The Morgan fingerprint density at radius 1 is 1.11 bits per heavy atom. The minimum Gasteiger partial charge on any atom is -0.326 e. The number of nitrogens with one attached hydrogen (secondary N) is 2. The highest BCUT2D eigenvalue weighted by Gasteiger charge is 2.30. The average molecular weight is 488 g/mol. The molecule has 2 aliphatic heterocycles. The third-order valence-electron chi connectivity index (χ3n) is 6.30. The van der Waals surface area contributed by atoms with E-state index in [0.717, 1.165) is 16.9 Å². The predicted molar refractivity (Wildman–Crippen MR) is 129 cm³/mol. The number of hydrogen-bond acceptors (Lipinski definition) is 6. The monoisotopic (exact) mass is 487 g/mol. The summed E-state index contributed by atoms with van der Waals surface area (Å²) in [6.07, 6.45) is 2.83. The number of carbonyl (C=O) groups excluding carboxylic acids is 2. The van der Waals surface area contributed by atoms with Crippen molar-refractivity contribution in [3.05, 3.63) is 81.5 Å². The van der Waals surface area contributed by atoms with Crippen molar-refractivity contribution in [1.82, 2.24) is 24.8 Å². The first-order valence-electron chi connectivity index (χ1n) is 11.0. The van der Waals surface area contributed by atoms with Gasteiger partial charge in [-0.05, 0) is 76.9 Å². The lowest BCUT2D eigenvalue weighted by atomic mass is 10.0. The summed E-state index contributed by atoms with van der Waals surface area (Å²) in [6, 6.07) is 13.3. The molecule has 0 saturated carbocycles. The Morgan fingerprint density at radius 2 is 2.00 bits per heavy atom. The van der Waals surface area contributed by atoms with E-state index in [1.807, 2.05) is 6.07 Å². The van der Waals surface area contributed by atoms with E-state index in [1.165, 1.54) is 17.1 Å². The Morgan fingerprint density at radius 3 is 2.83 bits per heavy atom. The quantitative estimate of drug-likeness (QED) is 0.456. The summed E-state index contributed by atoms with van der Waals surface area (Å²) in [6.45, 7) is 0. The molecule has 0 radical (unpaired) electrons. The van der Waals surface area contributed by atoms with E-state index in [4.69, 9.17) is 11.6 Å². The molecule has 6 rings (SSSR count). The zero-order chi connectivity index (χ0) is 24.1. The molecular weight excluding hydrogens is 470 g/mol. The minimum absolute atomic E-state index is 0.0708. The largest absolute Gasteiger partial charge is 0.326 e. The molecule has 2 amide bonds. The van der Waals surface area contributed by atoms with Crippen molar-refractivity contribution in [3.63, 3.8) is 0 Å². The zero-order valence-electron chi connectivity index (χ0n) is 18.2. The molecule has 4 aromatic rings. The maximum atomic E-state index is 13.2. The van der Waals surface area contributed by atoms with Crippen molar-refractivity contribution >= 4 is 34.8 Å². The van der Waals surface area contributed by atoms with E-state index in [2.05, 4.69) is 26.2 Å². The Kier molecular flexibility index (Phi) is 4.96. The van der Waals surface area contributed by atoms with E-state index in [1.54, 1.807) is 41.0 Å². The van der Waals surface area contributed by atoms with Crippen LogP contribution in [0.4, 0.5) is 11.4 Å². The van der Waals surface area contributed by atoms with Gasteiger partial charge in [0.2, 0.25) is 11.8 Å². The van der Waals surface area contributed by atoms with Crippen LogP contribution in [-0.2, 0) is 22.4 Å². The smallest absolute Gasteiger partial charge is 0.252 e. The highest BCUT2D eigenvalue weighted by molar-refractivity contribution is 6.31. The molecule has 11 heteroatoms. The Labute approximate surface area is 203 Å². The number of rotatable bonds is 4. The number of hydrogen-bond donors (Lipinski definition) is 2. The van der Waals surface area contributed by atoms with Crippen molar-refractivity contribution in [1.29, 1.82) is 0 Å². The molecule has 4 heterocycles. The summed E-state index contributed by atoms with van der Waals surface area (Å²) in [5, 5.41) is 17.5. The second-order valence-electron chi connectivity index (χ2n) is 8.50. The number of nitrogens with zero attached hydrogens (tertiary/aromatic N) is 5. The lowest BCUT2D eigenvalue weighted by molar-refractivity contribution is -0.119. The minimum atomic E-state index is -0.627. The third kappa shape index (κ3) is 3.77. The fourth-order valence-electron chi connectivity index (χ4n) is 4.74. The van der Waals surface area contributed by atoms with Gasteiger partial charge in [0.25, 0.3) is 5.56 Å². The number of amides is 2. The van der Waals surface area contributed by atoms with E-state index in [-0.39, 0.29) is 23.8 Å². The standard InChI is InChI=1S/C24H18ClN7O3/c25-15-1-5-20(31-12-26-29-30-31)18(11-15)13-8-17-3-6-21(32(17)23(34)10-13)24(35)27-16-2-4-19-14(7-16)9-22(33)28-19/h1-2,4-5,7-8,10-12,21H,3,6,9H2,(H,27,35)(H,28,33)/t21-/m0/s1. The molecule has 35 heavy (non-hydrogen) atoms. The number of fused-ring (bicyclic) bond motifs is 2. The summed E-state index contributed by atoms with van der Waals surface area (Å²) in [5.41, 5.74) is 4.73. The third-order valence-corrected chi connectivity index (χ3v) is 6.53. The molecule has 2 N–H and O–H groups in total. The normalized spacial score (nSPS) is 16.0. The van der Waals surface area contributed by atoms with E-state index in [9.17, 15) is 14.4 Å². The molecule has 0 spiro atoms. The van der Waals surface area contributed by atoms with Crippen molar-refractivity contribution in [2.45, 2.75) is 25.3 Å². The van der Waals surface area contributed by atoms with Gasteiger partial charge in [0, 0.05) is 33.7 Å². The van der Waals surface area contributed by atoms with Gasteiger partial charge in [0.1, 0.15) is 12.4 Å². The maximum absolute atomic E-state index is 13.2. The molecule has 0 bridgehead atoms. The topological polar surface area (TPSA) is 124 Å². The van der Waals surface area contributed by atoms with Crippen LogP contribution < -0.4 is 16.2 Å². The summed E-state index contributed by atoms with van der Waals surface area (Å²) in [4.78, 5) is 37.9. The molecule has 2 aromatic heterocycles. The van der Waals surface area contributed by atoms with Crippen LogP contribution in [-0.4, -0.2) is 36.6 Å². The van der Waals surface area contributed by atoms with Gasteiger partial charge >= 0.3 is 0 Å². The van der Waals surface area contributed by atoms with Gasteiger partial charge in [-0.2, -0.15) is 4.68 Å². The van der Waals surface area contributed by atoms with Crippen LogP contribution in [0.3, 0.4) is 0 Å². The van der Waals surface area contributed by atoms with Crippen molar-refractivity contribution < 1.29 is 9.59 Å². The first-order chi connectivity index (χ1) is 17.0. The molecule has 1 atom stereocenters. The van der Waals surface area contributed by atoms with E-state index >= 15 is 0 Å². The molecule has 0 saturated heterocycles. The summed E-state index contributed by atoms with van der Waals surface area (Å²) in [7, 11) is 0. The molecule has 2 aromatic carbocycles. The van der Waals surface area contributed by atoms with Gasteiger partial charge in [0.15, 0.2) is 0 Å². The van der Waals surface area contributed by atoms with Gasteiger partial charge in [-0.3, -0.25) is 14.4 Å². The van der Waals surface area contributed by atoms with Crippen LogP contribution in [0, 0.1) is 0 Å².